The monoisotopic (exact) mass is 330 g/mol. The highest BCUT2D eigenvalue weighted by atomic mass is 16.5. The molecule has 1 aliphatic carbocycles. The lowest BCUT2D eigenvalue weighted by molar-refractivity contribution is -0.151. The van der Waals surface area contributed by atoms with Gasteiger partial charge in [-0.05, 0) is 17.9 Å². The van der Waals surface area contributed by atoms with Gasteiger partial charge in [-0.1, -0.05) is 56.5 Å². The number of carbonyl (C=O) groups is 2. The Bertz CT molecular complexity index is 577. The molecule has 2 unspecified atom stereocenters. The fourth-order valence-corrected chi connectivity index (χ4v) is 3.13. The molecule has 0 saturated carbocycles. The van der Waals surface area contributed by atoms with E-state index in [4.69, 9.17) is 9.47 Å². The van der Waals surface area contributed by atoms with Crippen LogP contribution in [-0.2, 0) is 25.7 Å². The number of ketones is 1. The Hall–Kier alpha value is -2.10. The maximum absolute atomic E-state index is 12.4. The molecule has 2 rings (SSSR count). The Morgan fingerprint density at radius 1 is 1.21 bits per heavy atom. The van der Waals surface area contributed by atoms with Crippen molar-refractivity contribution in [3.8, 4) is 0 Å². The van der Waals surface area contributed by atoms with Gasteiger partial charge in [-0.15, -0.1) is 0 Å². The molecule has 24 heavy (non-hydrogen) atoms. The Kier molecular flexibility index (Phi) is 7.04. The lowest BCUT2D eigenvalue weighted by atomic mass is 9.78. The summed E-state index contributed by atoms with van der Waals surface area (Å²) in [4.78, 5) is 24.4. The summed E-state index contributed by atoms with van der Waals surface area (Å²) in [6.45, 7) is 2.57. The lowest BCUT2D eigenvalue weighted by Crippen LogP contribution is -2.35. The molecule has 0 amide bonds. The number of allylic oxidation sites excluding steroid dienone is 2. The summed E-state index contributed by atoms with van der Waals surface area (Å²) >= 11 is 0. The number of rotatable bonds is 8. The third-order valence-corrected chi connectivity index (χ3v) is 4.45. The number of esters is 1. The van der Waals surface area contributed by atoms with Gasteiger partial charge in [0.2, 0.25) is 0 Å². The van der Waals surface area contributed by atoms with Crippen LogP contribution in [0.2, 0.25) is 0 Å². The normalized spacial score (nSPS) is 20.4. The van der Waals surface area contributed by atoms with Crippen LogP contribution in [0.1, 0.15) is 44.6 Å². The highest BCUT2D eigenvalue weighted by Crippen LogP contribution is 2.33. The molecule has 4 nitrogen and oxygen atoms in total. The summed E-state index contributed by atoms with van der Waals surface area (Å²) in [5, 5.41) is 0. The Morgan fingerprint density at radius 3 is 2.62 bits per heavy atom. The minimum atomic E-state index is -0.684. The molecule has 1 aromatic rings. The summed E-state index contributed by atoms with van der Waals surface area (Å²) in [7, 11) is 1.34. The number of hydrogen-bond donors (Lipinski definition) is 0. The van der Waals surface area contributed by atoms with E-state index in [0.717, 1.165) is 31.2 Å². The number of benzene rings is 1. The first kappa shape index (κ1) is 18.2. The van der Waals surface area contributed by atoms with Gasteiger partial charge in [0.15, 0.2) is 5.78 Å². The summed E-state index contributed by atoms with van der Waals surface area (Å²) in [5.41, 5.74) is 1.06. The predicted octanol–water partition coefficient (Wildman–Crippen LogP) is 4.05. The zero-order valence-corrected chi connectivity index (χ0v) is 14.5. The molecule has 1 aromatic carbocycles. The fraction of sp³-hybridized carbons (Fsp3) is 0.500. The zero-order valence-electron chi connectivity index (χ0n) is 14.5. The van der Waals surface area contributed by atoms with Crippen molar-refractivity contribution >= 4 is 11.8 Å². The van der Waals surface area contributed by atoms with Crippen LogP contribution in [0.5, 0.6) is 0 Å². The number of hydrogen-bond acceptors (Lipinski definition) is 4. The number of carbonyl (C=O) groups excluding carboxylic acids is 2. The van der Waals surface area contributed by atoms with E-state index in [2.05, 4.69) is 6.92 Å². The molecule has 0 aliphatic heterocycles. The van der Waals surface area contributed by atoms with Gasteiger partial charge in [0.25, 0.3) is 0 Å². The molecule has 1 aliphatic rings. The molecule has 0 radical (unpaired) electrons. The third kappa shape index (κ3) is 4.95. The van der Waals surface area contributed by atoms with E-state index >= 15 is 0 Å². The van der Waals surface area contributed by atoms with Gasteiger partial charge in [-0.2, -0.15) is 0 Å². The summed E-state index contributed by atoms with van der Waals surface area (Å²) in [6.07, 6.45) is 6.14. The molecular formula is C20H26O4. The minimum Gasteiger partial charge on any atom is -0.493 e. The topological polar surface area (TPSA) is 52.6 Å². The molecule has 130 valence electrons. The van der Waals surface area contributed by atoms with Crippen molar-refractivity contribution in [3.63, 3.8) is 0 Å². The number of methoxy groups -OCH3 is 1. The highest BCUT2D eigenvalue weighted by molar-refractivity contribution is 6.06. The molecule has 0 aromatic heterocycles. The molecule has 0 spiro atoms. The second-order valence-electron chi connectivity index (χ2n) is 6.25. The van der Waals surface area contributed by atoms with Gasteiger partial charge in [0, 0.05) is 12.5 Å². The maximum Gasteiger partial charge on any atom is 0.316 e. The van der Waals surface area contributed by atoms with E-state index in [1.807, 2.05) is 30.3 Å². The largest absolute Gasteiger partial charge is 0.493 e. The van der Waals surface area contributed by atoms with Crippen LogP contribution in [0, 0.1) is 11.8 Å². The van der Waals surface area contributed by atoms with Gasteiger partial charge in [-0.3, -0.25) is 9.59 Å². The van der Waals surface area contributed by atoms with Gasteiger partial charge in [0.05, 0.1) is 7.11 Å². The van der Waals surface area contributed by atoms with Crippen molar-refractivity contribution in [2.45, 2.75) is 45.6 Å². The fourth-order valence-electron chi connectivity index (χ4n) is 3.13. The van der Waals surface area contributed by atoms with E-state index in [-0.39, 0.29) is 11.7 Å². The molecule has 4 heteroatoms. The summed E-state index contributed by atoms with van der Waals surface area (Å²) in [5.74, 6) is -0.675. The summed E-state index contributed by atoms with van der Waals surface area (Å²) < 4.78 is 10.7. The highest BCUT2D eigenvalue weighted by Gasteiger charge is 2.38. The Morgan fingerprint density at radius 2 is 1.96 bits per heavy atom. The molecule has 0 N–H and O–H groups in total. The van der Waals surface area contributed by atoms with E-state index in [0.29, 0.717) is 18.8 Å². The quantitative estimate of drug-likeness (QED) is 0.410. The summed E-state index contributed by atoms with van der Waals surface area (Å²) in [6, 6.07) is 9.85. The van der Waals surface area contributed by atoms with Crippen LogP contribution in [0.3, 0.4) is 0 Å². The minimum absolute atomic E-state index is 0.0349. The average Bonchev–Trinajstić information content (AvgIpc) is 2.60. The van der Waals surface area contributed by atoms with Crippen LogP contribution in [0.4, 0.5) is 0 Å². The van der Waals surface area contributed by atoms with Crippen molar-refractivity contribution in [2.24, 2.45) is 11.8 Å². The lowest BCUT2D eigenvalue weighted by Gasteiger charge is -2.28. The molecule has 2 atom stereocenters. The standard InChI is InChI=1S/C20H26O4/c1-3-4-6-11-16-12-17(13-18(21)19(16)20(22)23-2)24-14-15-9-7-5-8-10-15/h5,7-10,13,16,19H,3-4,6,11-12,14H2,1-2H3. The third-order valence-electron chi connectivity index (χ3n) is 4.45. The number of ether oxygens (including phenoxy) is 2. The van der Waals surface area contributed by atoms with E-state index in [9.17, 15) is 9.59 Å². The second-order valence-corrected chi connectivity index (χ2v) is 6.25. The zero-order chi connectivity index (χ0) is 17.4. The van der Waals surface area contributed by atoms with Gasteiger partial charge < -0.3 is 9.47 Å². The van der Waals surface area contributed by atoms with Crippen LogP contribution in [0.15, 0.2) is 42.2 Å². The number of unbranched alkanes of at least 4 members (excludes halogenated alkanes) is 2. The predicted molar refractivity (Wildman–Crippen MR) is 92.1 cm³/mol. The van der Waals surface area contributed by atoms with Gasteiger partial charge in [0.1, 0.15) is 18.3 Å². The molecular weight excluding hydrogens is 304 g/mol. The van der Waals surface area contributed by atoms with Crippen LogP contribution >= 0.6 is 0 Å². The first-order valence-corrected chi connectivity index (χ1v) is 8.64. The molecule has 0 fully saturated rings. The van der Waals surface area contributed by atoms with Crippen molar-refractivity contribution in [1.29, 1.82) is 0 Å². The van der Waals surface area contributed by atoms with E-state index in [1.165, 1.54) is 13.2 Å². The molecule has 0 bridgehead atoms. The Balaban J connectivity index is 2.04. The van der Waals surface area contributed by atoms with Crippen molar-refractivity contribution in [3.05, 3.63) is 47.7 Å². The smallest absolute Gasteiger partial charge is 0.316 e. The van der Waals surface area contributed by atoms with E-state index in [1.54, 1.807) is 0 Å². The average molecular weight is 330 g/mol. The van der Waals surface area contributed by atoms with Crippen LogP contribution < -0.4 is 0 Å². The SMILES string of the molecule is CCCCCC1CC(OCc2ccccc2)=CC(=O)C1C(=O)OC. The first-order chi connectivity index (χ1) is 11.7. The molecule has 0 heterocycles. The molecule has 0 saturated heterocycles. The van der Waals surface area contributed by atoms with Crippen molar-refractivity contribution in [1.82, 2.24) is 0 Å². The maximum atomic E-state index is 12.4. The van der Waals surface area contributed by atoms with Crippen molar-refractivity contribution in [2.75, 3.05) is 7.11 Å². The second kappa shape index (κ2) is 9.26. The van der Waals surface area contributed by atoms with Gasteiger partial charge >= 0.3 is 5.97 Å². The Labute approximate surface area is 143 Å². The van der Waals surface area contributed by atoms with Crippen molar-refractivity contribution < 1.29 is 19.1 Å². The van der Waals surface area contributed by atoms with Crippen LogP contribution in [0.25, 0.3) is 0 Å². The van der Waals surface area contributed by atoms with Crippen LogP contribution in [-0.4, -0.2) is 18.9 Å². The van der Waals surface area contributed by atoms with E-state index < -0.39 is 11.9 Å². The van der Waals surface area contributed by atoms with Gasteiger partial charge in [-0.25, -0.2) is 0 Å². The first-order valence-electron chi connectivity index (χ1n) is 8.64.